The Kier molecular flexibility index (Phi) is 4.87. The Hall–Kier alpha value is -2.43. The first-order valence-electron chi connectivity index (χ1n) is 6.84. The first kappa shape index (κ1) is 15.0. The number of pyridine rings is 1. The van der Waals surface area contributed by atoms with Crippen LogP contribution in [0.5, 0.6) is 0 Å². The average Bonchev–Trinajstić information content (AvgIpc) is 2.48. The molecule has 1 aromatic carbocycles. The molecule has 0 bridgehead atoms. The Morgan fingerprint density at radius 2 is 2.00 bits per heavy atom. The molecule has 5 heteroatoms. The van der Waals surface area contributed by atoms with Crippen LogP contribution in [-0.2, 0) is 17.8 Å². The average molecular weight is 288 g/mol. The summed E-state index contributed by atoms with van der Waals surface area (Å²) < 4.78 is 14.9. The van der Waals surface area contributed by atoms with Crippen molar-refractivity contribution in [2.24, 2.45) is 0 Å². The minimum Gasteiger partial charge on any atom is -0.325 e. The van der Waals surface area contributed by atoms with E-state index in [1.165, 1.54) is 16.7 Å². The molecule has 0 atom stereocenters. The van der Waals surface area contributed by atoms with Gasteiger partial charge in [-0.2, -0.15) is 0 Å². The number of aromatic nitrogens is 1. The van der Waals surface area contributed by atoms with E-state index >= 15 is 0 Å². The summed E-state index contributed by atoms with van der Waals surface area (Å²) in [5.74, 6) is -0.510. The largest absolute Gasteiger partial charge is 0.325 e. The zero-order valence-corrected chi connectivity index (χ0v) is 11.8. The van der Waals surface area contributed by atoms with E-state index in [-0.39, 0.29) is 23.7 Å². The van der Waals surface area contributed by atoms with E-state index < -0.39 is 0 Å². The van der Waals surface area contributed by atoms with Crippen LogP contribution >= 0.6 is 0 Å². The molecule has 1 aromatic heterocycles. The van der Waals surface area contributed by atoms with Crippen LogP contribution in [0.25, 0.3) is 0 Å². The minimum absolute atomic E-state index is 0.109. The molecule has 0 spiro atoms. The molecule has 4 nitrogen and oxygen atoms in total. The fourth-order valence-corrected chi connectivity index (χ4v) is 2.03. The van der Waals surface area contributed by atoms with E-state index in [2.05, 4.69) is 5.32 Å². The van der Waals surface area contributed by atoms with Crippen LogP contribution in [0, 0.1) is 5.82 Å². The van der Waals surface area contributed by atoms with Crippen LogP contribution in [0.2, 0.25) is 0 Å². The number of nitrogens with zero attached hydrogens (tertiary/aromatic N) is 1. The molecular weight excluding hydrogens is 271 g/mol. The van der Waals surface area contributed by atoms with E-state index in [1.807, 2.05) is 6.92 Å². The Bertz CT molecular complexity index is 695. The van der Waals surface area contributed by atoms with Gasteiger partial charge in [-0.25, -0.2) is 4.39 Å². The lowest BCUT2D eigenvalue weighted by Crippen LogP contribution is -2.20. The highest BCUT2D eigenvalue weighted by molar-refractivity contribution is 5.90. The number of anilines is 1. The minimum atomic E-state index is -0.301. The molecule has 110 valence electrons. The van der Waals surface area contributed by atoms with E-state index in [9.17, 15) is 14.0 Å². The van der Waals surface area contributed by atoms with Crippen molar-refractivity contribution in [3.05, 3.63) is 64.3 Å². The highest BCUT2D eigenvalue weighted by atomic mass is 19.1. The third-order valence-electron chi connectivity index (χ3n) is 3.19. The van der Waals surface area contributed by atoms with E-state index in [1.54, 1.807) is 30.5 Å². The number of hydrogen-bond donors (Lipinski definition) is 1. The fraction of sp³-hybridized carbons (Fsp3) is 0.250. The first-order valence-corrected chi connectivity index (χ1v) is 6.84. The molecule has 2 aromatic rings. The molecule has 1 amide bonds. The summed E-state index contributed by atoms with van der Waals surface area (Å²) in [5.41, 5.74) is 0.975. The number of nitrogens with one attached hydrogen (secondary N) is 1. The van der Waals surface area contributed by atoms with Gasteiger partial charge in [0, 0.05) is 25.2 Å². The van der Waals surface area contributed by atoms with E-state index in [4.69, 9.17) is 0 Å². The van der Waals surface area contributed by atoms with Crippen molar-refractivity contribution in [2.75, 3.05) is 5.32 Å². The van der Waals surface area contributed by atoms with Gasteiger partial charge in [0.2, 0.25) is 5.91 Å². The molecule has 0 saturated heterocycles. The predicted molar refractivity (Wildman–Crippen MR) is 79.7 cm³/mol. The summed E-state index contributed by atoms with van der Waals surface area (Å²) in [7, 11) is 0. The Morgan fingerprint density at radius 1 is 1.24 bits per heavy atom. The highest BCUT2D eigenvalue weighted by Crippen LogP contribution is 2.10. The number of aryl methyl sites for hydroxylation is 2. The Morgan fingerprint density at radius 3 is 2.71 bits per heavy atom. The molecule has 21 heavy (non-hydrogen) atoms. The number of carbonyl (C=O) groups excluding carboxylic acids is 1. The van der Waals surface area contributed by atoms with Gasteiger partial charge in [-0.15, -0.1) is 0 Å². The predicted octanol–water partition coefficient (Wildman–Crippen LogP) is 2.58. The van der Waals surface area contributed by atoms with Crippen LogP contribution in [0.15, 0.2) is 47.4 Å². The summed E-state index contributed by atoms with van der Waals surface area (Å²) in [5, 5.41) is 2.71. The Balaban J connectivity index is 1.96. The zero-order chi connectivity index (χ0) is 15.2. The maximum absolute atomic E-state index is 13.4. The summed E-state index contributed by atoms with van der Waals surface area (Å²) in [6, 6.07) is 9.38. The summed E-state index contributed by atoms with van der Waals surface area (Å²) >= 11 is 0. The van der Waals surface area contributed by atoms with Crippen molar-refractivity contribution < 1.29 is 9.18 Å². The number of carbonyl (C=O) groups is 1. The monoisotopic (exact) mass is 288 g/mol. The Labute approximate surface area is 122 Å². The summed E-state index contributed by atoms with van der Waals surface area (Å²) in [4.78, 5) is 23.3. The molecule has 0 radical (unpaired) electrons. The lowest BCUT2D eigenvalue weighted by atomic mass is 10.1. The number of halogens is 1. The maximum Gasteiger partial charge on any atom is 0.250 e. The smallest absolute Gasteiger partial charge is 0.250 e. The van der Waals surface area contributed by atoms with Gasteiger partial charge in [0.05, 0.1) is 5.69 Å². The normalized spacial score (nSPS) is 10.4. The summed E-state index contributed by atoms with van der Waals surface area (Å²) in [6.45, 7) is 2.39. The fourth-order valence-electron chi connectivity index (χ4n) is 2.03. The topological polar surface area (TPSA) is 51.1 Å². The second-order valence-corrected chi connectivity index (χ2v) is 4.68. The van der Waals surface area contributed by atoms with Crippen molar-refractivity contribution in [1.82, 2.24) is 4.57 Å². The number of benzene rings is 1. The summed E-state index contributed by atoms with van der Waals surface area (Å²) in [6.07, 6.45) is 2.13. The van der Waals surface area contributed by atoms with Crippen LogP contribution in [0.4, 0.5) is 10.1 Å². The molecule has 0 saturated carbocycles. The van der Waals surface area contributed by atoms with Crippen molar-refractivity contribution in [1.29, 1.82) is 0 Å². The molecule has 1 heterocycles. The van der Waals surface area contributed by atoms with Gasteiger partial charge in [-0.05, 0) is 31.0 Å². The lowest BCUT2D eigenvalue weighted by Gasteiger charge is -2.08. The molecule has 1 N–H and O–H groups in total. The van der Waals surface area contributed by atoms with Crippen molar-refractivity contribution in [3.8, 4) is 0 Å². The van der Waals surface area contributed by atoms with Gasteiger partial charge in [0.25, 0.3) is 5.56 Å². The lowest BCUT2D eigenvalue weighted by molar-refractivity contribution is -0.116. The van der Waals surface area contributed by atoms with Crippen LogP contribution in [0.3, 0.4) is 0 Å². The molecular formula is C16H17FN2O2. The standard InChI is InChI=1S/C16H17FN2O2/c1-2-19-11-13(8-10-16(19)21)18-15(20)9-7-12-5-3-4-6-14(12)17/h3-6,8,10-11H,2,7,9H2,1H3,(H,18,20). The van der Waals surface area contributed by atoms with Gasteiger partial charge >= 0.3 is 0 Å². The van der Waals surface area contributed by atoms with Gasteiger partial charge in [-0.3, -0.25) is 9.59 Å². The highest BCUT2D eigenvalue weighted by Gasteiger charge is 2.07. The maximum atomic E-state index is 13.4. The molecule has 0 fully saturated rings. The third kappa shape index (κ3) is 4.02. The third-order valence-corrected chi connectivity index (χ3v) is 3.19. The second-order valence-electron chi connectivity index (χ2n) is 4.68. The SMILES string of the molecule is CCn1cc(NC(=O)CCc2ccccc2F)ccc1=O. The van der Waals surface area contributed by atoms with Crippen molar-refractivity contribution >= 4 is 11.6 Å². The van der Waals surface area contributed by atoms with Gasteiger partial charge < -0.3 is 9.88 Å². The van der Waals surface area contributed by atoms with Gasteiger partial charge in [-0.1, -0.05) is 18.2 Å². The second kappa shape index (κ2) is 6.83. The van der Waals surface area contributed by atoms with E-state index in [0.717, 1.165) is 0 Å². The van der Waals surface area contributed by atoms with Crippen molar-refractivity contribution in [2.45, 2.75) is 26.3 Å². The molecule has 0 unspecified atom stereocenters. The van der Waals surface area contributed by atoms with Crippen molar-refractivity contribution in [3.63, 3.8) is 0 Å². The van der Waals surface area contributed by atoms with Gasteiger partial charge in [0.15, 0.2) is 0 Å². The molecule has 0 aliphatic carbocycles. The molecule has 2 rings (SSSR count). The first-order chi connectivity index (χ1) is 10.1. The quantitative estimate of drug-likeness (QED) is 0.919. The number of hydrogen-bond acceptors (Lipinski definition) is 2. The van der Waals surface area contributed by atoms with Crippen LogP contribution in [0.1, 0.15) is 18.9 Å². The van der Waals surface area contributed by atoms with E-state index in [0.29, 0.717) is 24.2 Å². The number of amides is 1. The molecule has 0 aliphatic heterocycles. The zero-order valence-electron chi connectivity index (χ0n) is 11.8. The molecule has 0 aliphatic rings. The van der Waals surface area contributed by atoms with Crippen LogP contribution < -0.4 is 10.9 Å². The van der Waals surface area contributed by atoms with Crippen LogP contribution in [-0.4, -0.2) is 10.5 Å². The van der Waals surface area contributed by atoms with Gasteiger partial charge in [0.1, 0.15) is 5.82 Å². The number of rotatable bonds is 5.